The normalized spacial score (nSPS) is 12.0. The Bertz CT molecular complexity index is 1340. The number of nitrogens with one attached hydrogen (secondary N) is 2. The predicted molar refractivity (Wildman–Crippen MR) is 122 cm³/mol. The van der Waals surface area contributed by atoms with E-state index in [1.807, 2.05) is 12.1 Å². The quantitative estimate of drug-likeness (QED) is 0.340. The Morgan fingerprint density at radius 1 is 1.18 bits per heavy atom. The number of fused-ring (bicyclic) bond motifs is 1. The largest absolute Gasteiger partial charge is 0.497 e. The van der Waals surface area contributed by atoms with Crippen molar-refractivity contribution in [3.05, 3.63) is 75.2 Å². The molecule has 11 heteroatoms. The molecule has 172 valence electrons. The monoisotopic (exact) mass is 452 g/mol. The molecular weight excluding hydrogens is 428 g/mol. The van der Waals surface area contributed by atoms with Gasteiger partial charge in [0.2, 0.25) is 5.95 Å². The van der Waals surface area contributed by atoms with E-state index in [1.165, 1.54) is 11.6 Å². The Morgan fingerprint density at radius 2 is 1.94 bits per heavy atom. The lowest BCUT2D eigenvalue weighted by Gasteiger charge is -2.16. The minimum atomic E-state index is -0.958. The minimum Gasteiger partial charge on any atom is -0.497 e. The molecule has 0 saturated carbocycles. The summed E-state index contributed by atoms with van der Waals surface area (Å²) < 4.78 is 13.6. The highest BCUT2D eigenvalue weighted by molar-refractivity contribution is 5.74. The van der Waals surface area contributed by atoms with Crippen LogP contribution in [0.4, 0.5) is 5.95 Å². The van der Waals surface area contributed by atoms with Crippen LogP contribution in [0.2, 0.25) is 0 Å². The number of aliphatic hydroxyl groups is 1. The van der Waals surface area contributed by atoms with Crippen LogP contribution in [0.25, 0.3) is 11.2 Å². The number of pyridine rings is 1. The van der Waals surface area contributed by atoms with Crippen molar-refractivity contribution in [2.24, 2.45) is 7.05 Å². The average molecular weight is 452 g/mol. The Labute approximate surface area is 188 Å². The van der Waals surface area contributed by atoms with E-state index in [4.69, 9.17) is 9.47 Å². The fourth-order valence-corrected chi connectivity index (χ4v) is 3.36. The summed E-state index contributed by atoms with van der Waals surface area (Å²) in [7, 11) is 3.10. The van der Waals surface area contributed by atoms with E-state index in [2.05, 4.69) is 20.3 Å². The number of rotatable bonds is 9. The maximum Gasteiger partial charge on any atom is 0.329 e. The number of H-pyrrole nitrogens is 1. The van der Waals surface area contributed by atoms with E-state index in [0.717, 1.165) is 5.56 Å². The second kappa shape index (κ2) is 9.57. The van der Waals surface area contributed by atoms with E-state index in [0.29, 0.717) is 24.0 Å². The van der Waals surface area contributed by atoms with Crippen molar-refractivity contribution < 1.29 is 14.6 Å². The van der Waals surface area contributed by atoms with Crippen LogP contribution < -0.4 is 26.0 Å². The second-order valence-corrected chi connectivity index (χ2v) is 7.39. The number of aryl methyl sites for hydroxylation is 1. The van der Waals surface area contributed by atoms with Gasteiger partial charge in [-0.2, -0.15) is 4.98 Å². The van der Waals surface area contributed by atoms with Gasteiger partial charge in [0.05, 0.1) is 13.7 Å². The van der Waals surface area contributed by atoms with E-state index in [1.54, 1.807) is 48.3 Å². The van der Waals surface area contributed by atoms with Crippen LogP contribution in [0.1, 0.15) is 5.56 Å². The molecule has 3 heterocycles. The van der Waals surface area contributed by atoms with Crippen molar-refractivity contribution in [2.45, 2.75) is 19.2 Å². The van der Waals surface area contributed by atoms with Gasteiger partial charge in [0.15, 0.2) is 11.2 Å². The first-order chi connectivity index (χ1) is 16.0. The third kappa shape index (κ3) is 4.88. The van der Waals surface area contributed by atoms with E-state index >= 15 is 0 Å². The zero-order chi connectivity index (χ0) is 23.4. The smallest absolute Gasteiger partial charge is 0.329 e. The van der Waals surface area contributed by atoms with Gasteiger partial charge in [-0.15, -0.1) is 0 Å². The van der Waals surface area contributed by atoms with Gasteiger partial charge >= 0.3 is 5.69 Å². The molecule has 1 aromatic carbocycles. The topological polar surface area (TPSA) is 136 Å². The molecule has 0 saturated heterocycles. The van der Waals surface area contributed by atoms with Crippen molar-refractivity contribution in [2.75, 3.05) is 19.0 Å². The lowest BCUT2D eigenvalue weighted by atomic mass is 10.3. The molecule has 0 fully saturated rings. The van der Waals surface area contributed by atoms with E-state index in [9.17, 15) is 14.7 Å². The van der Waals surface area contributed by atoms with Crippen LogP contribution in [0.5, 0.6) is 11.5 Å². The van der Waals surface area contributed by atoms with Gasteiger partial charge in [-0.3, -0.25) is 19.3 Å². The number of benzene rings is 1. The number of imidazole rings is 1. The van der Waals surface area contributed by atoms with Gasteiger partial charge in [0.1, 0.15) is 24.2 Å². The lowest BCUT2D eigenvalue weighted by molar-refractivity contribution is 0.0938. The van der Waals surface area contributed by atoms with Gasteiger partial charge in [-0.05, 0) is 35.9 Å². The molecule has 4 rings (SSSR count). The molecule has 4 aromatic rings. The van der Waals surface area contributed by atoms with Crippen molar-refractivity contribution in [1.82, 2.24) is 24.1 Å². The number of aliphatic hydroxyl groups excluding tert-OH is 1. The molecule has 1 atom stereocenters. The van der Waals surface area contributed by atoms with Crippen LogP contribution in [0.15, 0.2) is 58.4 Å². The third-order valence-electron chi connectivity index (χ3n) is 5.08. The molecule has 0 radical (unpaired) electrons. The zero-order valence-electron chi connectivity index (χ0n) is 18.2. The standard InChI is InChI=1S/C22H24N6O5/c1-27-19-18(20(30)26-22(27)31)28(21(25-19)24-11-14-4-3-9-23-10-14)12-15(29)13-33-17-7-5-16(32-2)6-8-17/h3-10,15,29H,11-13H2,1-2H3,(H,24,25)(H,26,30,31)/t15-/m1/s1. The molecule has 0 bridgehead atoms. The summed E-state index contributed by atoms with van der Waals surface area (Å²) in [5.74, 6) is 1.60. The number of hydrogen-bond donors (Lipinski definition) is 3. The van der Waals surface area contributed by atoms with E-state index in [-0.39, 0.29) is 24.3 Å². The third-order valence-corrected chi connectivity index (χ3v) is 5.08. The summed E-state index contributed by atoms with van der Waals surface area (Å²) in [5.41, 5.74) is 0.134. The summed E-state index contributed by atoms with van der Waals surface area (Å²) in [6.07, 6.45) is 2.42. The highest BCUT2D eigenvalue weighted by atomic mass is 16.5. The Hall–Kier alpha value is -4.12. The van der Waals surface area contributed by atoms with Gasteiger partial charge in [0.25, 0.3) is 5.56 Å². The molecule has 0 unspecified atom stereocenters. The summed E-state index contributed by atoms with van der Waals surface area (Å²) in [4.78, 5) is 35.4. The molecule has 3 N–H and O–H groups in total. The van der Waals surface area contributed by atoms with Crippen molar-refractivity contribution in [1.29, 1.82) is 0 Å². The van der Waals surface area contributed by atoms with Crippen molar-refractivity contribution in [3.8, 4) is 11.5 Å². The average Bonchev–Trinajstić information content (AvgIpc) is 3.19. The number of aromatic amines is 1. The van der Waals surface area contributed by atoms with Gasteiger partial charge in [0, 0.05) is 26.0 Å². The molecule has 0 aliphatic carbocycles. The van der Waals surface area contributed by atoms with Crippen molar-refractivity contribution >= 4 is 17.1 Å². The number of anilines is 1. The summed E-state index contributed by atoms with van der Waals surface area (Å²) in [6.45, 7) is 0.391. The highest BCUT2D eigenvalue weighted by Gasteiger charge is 2.20. The molecule has 0 aliphatic heterocycles. The number of nitrogens with zero attached hydrogens (tertiary/aromatic N) is 4. The first-order valence-corrected chi connectivity index (χ1v) is 10.2. The SMILES string of the molecule is COc1ccc(OC[C@H](O)Cn2c(NCc3cccnc3)nc3c2c(=O)[nH]c(=O)n3C)cc1. The molecule has 0 amide bonds. The molecule has 0 spiro atoms. The van der Waals surface area contributed by atoms with Gasteiger partial charge in [-0.25, -0.2) is 4.79 Å². The Kier molecular flexibility index (Phi) is 6.41. The first-order valence-electron chi connectivity index (χ1n) is 10.2. The van der Waals surface area contributed by atoms with Gasteiger partial charge in [-0.1, -0.05) is 6.07 Å². The molecule has 3 aromatic heterocycles. The maximum atomic E-state index is 12.6. The Balaban J connectivity index is 1.58. The fourth-order valence-electron chi connectivity index (χ4n) is 3.36. The van der Waals surface area contributed by atoms with Crippen LogP contribution in [-0.2, 0) is 20.1 Å². The lowest BCUT2D eigenvalue weighted by Crippen LogP contribution is -2.31. The van der Waals surface area contributed by atoms with Gasteiger partial charge < -0.3 is 24.5 Å². The summed E-state index contributed by atoms with van der Waals surface area (Å²) in [6, 6.07) is 10.7. The zero-order valence-corrected chi connectivity index (χ0v) is 18.2. The molecule has 33 heavy (non-hydrogen) atoms. The first kappa shape index (κ1) is 22.1. The van der Waals surface area contributed by atoms with Crippen LogP contribution in [0, 0.1) is 0 Å². The maximum absolute atomic E-state index is 12.6. The minimum absolute atomic E-state index is 0.0162. The summed E-state index contributed by atoms with van der Waals surface area (Å²) >= 11 is 0. The number of aromatic nitrogens is 5. The number of methoxy groups -OCH3 is 1. The highest BCUT2D eigenvalue weighted by Crippen LogP contribution is 2.19. The van der Waals surface area contributed by atoms with E-state index < -0.39 is 17.4 Å². The molecule has 0 aliphatic rings. The van der Waals surface area contributed by atoms with Crippen LogP contribution >= 0.6 is 0 Å². The molecule has 11 nitrogen and oxygen atoms in total. The number of ether oxygens (including phenoxy) is 2. The number of hydrogen-bond acceptors (Lipinski definition) is 8. The van der Waals surface area contributed by atoms with Crippen molar-refractivity contribution in [3.63, 3.8) is 0 Å². The Morgan fingerprint density at radius 3 is 2.64 bits per heavy atom. The summed E-state index contributed by atoms with van der Waals surface area (Å²) in [5, 5.41) is 13.8. The predicted octanol–water partition coefficient (Wildman–Crippen LogP) is 0.879. The molecular formula is C22H24N6O5. The second-order valence-electron chi connectivity index (χ2n) is 7.39. The van der Waals surface area contributed by atoms with Crippen LogP contribution in [-0.4, -0.2) is 49.0 Å². The fraction of sp³-hybridized carbons (Fsp3) is 0.273. The van der Waals surface area contributed by atoms with Crippen LogP contribution in [0.3, 0.4) is 0 Å².